The lowest BCUT2D eigenvalue weighted by Gasteiger charge is -2.31. The molecule has 1 N–H and O–H groups in total. The number of benzene rings is 2. The predicted octanol–water partition coefficient (Wildman–Crippen LogP) is 3.80. The first-order valence-corrected chi connectivity index (χ1v) is 14.1. The third-order valence-electron chi connectivity index (χ3n) is 6.18. The molecule has 0 radical (unpaired) electrons. The summed E-state index contributed by atoms with van der Waals surface area (Å²) in [5.74, 6) is 0.312. The molecule has 0 saturated heterocycles. The van der Waals surface area contributed by atoms with E-state index >= 15 is 0 Å². The molecule has 2 rings (SSSR count). The van der Waals surface area contributed by atoms with Gasteiger partial charge in [-0.2, -0.15) is 0 Å². The Morgan fingerprint density at radius 3 is 2.22 bits per heavy atom. The lowest BCUT2D eigenvalue weighted by atomic mass is 10.1. The van der Waals surface area contributed by atoms with Gasteiger partial charge in [-0.3, -0.25) is 13.9 Å². The minimum absolute atomic E-state index is 0.114. The van der Waals surface area contributed by atoms with Crippen molar-refractivity contribution in [2.24, 2.45) is 0 Å². The number of carbonyl (C=O) groups is 2. The summed E-state index contributed by atoms with van der Waals surface area (Å²) >= 11 is 0. The molecular formula is C27H39N3O5S. The summed E-state index contributed by atoms with van der Waals surface area (Å²) in [6, 6.07) is 12.3. The zero-order chi connectivity index (χ0) is 26.9. The molecule has 0 aliphatic heterocycles. The summed E-state index contributed by atoms with van der Waals surface area (Å²) in [6.07, 6.45) is 2.07. The van der Waals surface area contributed by atoms with Crippen LogP contribution in [0.4, 0.5) is 5.69 Å². The molecular weight excluding hydrogens is 478 g/mol. The van der Waals surface area contributed by atoms with Crippen LogP contribution in [0.1, 0.15) is 49.8 Å². The van der Waals surface area contributed by atoms with Crippen molar-refractivity contribution in [2.45, 2.75) is 59.5 Å². The van der Waals surface area contributed by atoms with Gasteiger partial charge in [-0.05, 0) is 74.6 Å². The Labute approximate surface area is 215 Å². The molecule has 0 bridgehead atoms. The van der Waals surface area contributed by atoms with E-state index in [9.17, 15) is 18.0 Å². The topological polar surface area (TPSA) is 96.0 Å². The minimum atomic E-state index is -3.53. The lowest BCUT2D eigenvalue weighted by Crippen LogP contribution is -2.49. The number of anilines is 1. The lowest BCUT2D eigenvalue weighted by molar-refractivity contribution is -0.141. The largest absolute Gasteiger partial charge is 0.497 e. The van der Waals surface area contributed by atoms with Crippen LogP contribution in [0.5, 0.6) is 5.75 Å². The van der Waals surface area contributed by atoms with E-state index in [1.165, 1.54) is 10.6 Å². The number of sulfonamides is 1. The van der Waals surface area contributed by atoms with Gasteiger partial charge in [0, 0.05) is 26.1 Å². The van der Waals surface area contributed by atoms with Gasteiger partial charge in [-0.25, -0.2) is 8.42 Å². The normalized spacial score (nSPS) is 12.1. The Kier molecular flexibility index (Phi) is 10.8. The summed E-state index contributed by atoms with van der Waals surface area (Å²) in [7, 11) is -1.94. The average Bonchev–Trinajstić information content (AvgIpc) is 2.83. The van der Waals surface area contributed by atoms with Crippen LogP contribution in [-0.2, 0) is 26.2 Å². The summed E-state index contributed by atoms with van der Waals surface area (Å²) < 4.78 is 31.6. The molecule has 2 aromatic rings. The summed E-state index contributed by atoms with van der Waals surface area (Å²) in [6.45, 7) is 8.53. The molecule has 2 aromatic carbocycles. The number of aryl methyl sites for hydroxylation is 2. The number of hydrogen-bond donors (Lipinski definition) is 1. The Hall–Kier alpha value is -3.07. The van der Waals surface area contributed by atoms with E-state index in [4.69, 9.17) is 4.74 Å². The molecule has 0 aliphatic carbocycles. The number of ether oxygens (including phenoxy) is 1. The number of amides is 2. The molecule has 9 heteroatoms. The van der Waals surface area contributed by atoms with E-state index in [-0.39, 0.29) is 31.3 Å². The zero-order valence-electron chi connectivity index (χ0n) is 22.2. The van der Waals surface area contributed by atoms with Gasteiger partial charge < -0.3 is 15.0 Å². The maximum atomic E-state index is 13.4. The van der Waals surface area contributed by atoms with E-state index in [2.05, 4.69) is 5.32 Å². The highest BCUT2D eigenvalue weighted by Gasteiger charge is 2.28. The first-order chi connectivity index (χ1) is 17.0. The second-order valence-electron chi connectivity index (χ2n) is 8.90. The van der Waals surface area contributed by atoms with Crippen LogP contribution in [0.3, 0.4) is 0 Å². The van der Waals surface area contributed by atoms with Crippen molar-refractivity contribution in [3.8, 4) is 5.75 Å². The van der Waals surface area contributed by atoms with Crippen LogP contribution in [0, 0.1) is 13.8 Å². The number of rotatable bonds is 13. The molecule has 8 nitrogen and oxygen atoms in total. The summed E-state index contributed by atoms with van der Waals surface area (Å²) in [4.78, 5) is 27.7. The molecule has 1 unspecified atom stereocenters. The molecule has 0 fully saturated rings. The van der Waals surface area contributed by atoms with Gasteiger partial charge in [-0.1, -0.05) is 25.1 Å². The smallest absolute Gasteiger partial charge is 0.242 e. The predicted molar refractivity (Wildman–Crippen MR) is 144 cm³/mol. The molecule has 1 atom stereocenters. The fraction of sp³-hybridized carbons (Fsp3) is 0.481. The monoisotopic (exact) mass is 517 g/mol. The highest BCUT2D eigenvalue weighted by Crippen LogP contribution is 2.23. The highest BCUT2D eigenvalue weighted by atomic mass is 32.2. The van der Waals surface area contributed by atoms with E-state index in [0.29, 0.717) is 30.8 Å². The molecule has 198 valence electrons. The number of nitrogens with one attached hydrogen (secondary N) is 1. The van der Waals surface area contributed by atoms with E-state index < -0.39 is 16.1 Å². The molecule has 0 spiro atoms. The van der Waals surface area contributed by atoms with Crippen molar-refractivity contribution in [1.29, 1.82) is 0 Å². The molecule has 36 heavy (non-hydrogen) atoms. The van der Waals surface area contributed by atoms with Crippen molar-refractivity contribution < 1.29 is 22.7 Å². The maximum absolute atomic E-state index is 13.4. The first-order valence-electron chi connectivity index (χ1n) is 12.3. The first kappa shape index (κ1) is 29.2. The van der Waals surface area contributed by atoms with Gasteiger partial charge in [0.1, 0.15) is 11.8 Å². The molecule has 0 aromatic heterocycles. The zero-order valence-corrected chi connectivity index (χ0v) is 23.0. The van der Waals surface area contributed by atoms with Crippen LogP contribution in [0.25, 0.3) is 0 Å². The van der Waals surface area contributed by atoms with Crippen LogP contribution >= 0.6 is 0 Å². The Morgan fingerprint density at radius 1 is 1.03 bits per heavy atom. The molecule has 2 amide bonds. The number of carbonyl (C=O) groups excluding carboxylic acids is 2. The number of methoxy groups -OCH3 is 1. The Balaban J connectivity index is 2.21. The number of nitrogens with zero attached hydrogens (tertiary/aromatic N) is 2. The van der Waals surface area contributed by atoms with Gasteiger partial charge >= 0.3 is 0 Å². The second kappa shape index (κ2) is 13.3. The van der Waals surface area contributed by atoms with Crippen LogP contribution in [0.2, 0.25) is 0 Å². The van der Waals surface area contributed by atoms with Crippen molar-refractivity contribution in [1.82, 2.24) is 10.2 Å². The fourth-order valence-corrected chi connectivity index (χ4v) is 4.98. The van der Waals surface area contributed by atoms with Gasteiger partial charge in [0.15, 0.2) is 0 Å². The maximum Gasteiger partial charge on any atom is 0.242 e. The van der Waals surface area contributed by atoms with Crippen molar-refractivity contribution >= 4 is 27.5 Å². The van der Waals surface area contributed by atoms with Crippen molar-refractivity contribution in [3.63, 3.8) is 0 Å². The van der Waals surface area contributed by atoms with E-state index in [0.717, 1.165) is 16.7 Å². The van der Waals surface area contributed by atoms with Crippen LogP contribution in [0.15, 0.2) is 42.5 Å². The number of likely N-dealkylation sites (N-methyl/N-ethyl adjacent to an activating group) is 1. The minimum Gasteiger partial charge on any atom is -0.497 e. The Morgan fingerprint density at radius 2 is 1.69 bits per heavy atom. The molecule has 0 heterocycles. The summed E-state index contributed by atoms with van der Waals surface area (Å²) in [5, 5.41) is 2.82. The van der Waals surface area contributed by atoms with Gasteiger partial charge in [0.2, 0.25) is 21.8 Å². The van der Waals surface area contributed by atoms with Crippen LogP contribution in [-0.4, -0.2) is 57.6 Å². The summed E-state index contributed by atoms with van der Waals surface area (Å²) in [5.41, 5.74) is 3.53. The Bertz CT molecular complexity index is 1130. The van der Waals surface area contributed by atoms with Gasteiger partial charge in [0.25, 0.3) is 0 Å². The number of hydrogen-bond acceptors (Lipinski definition) is 5. The average molecular weight is 518 g/mol. The van der Waals surface area contributed by atoms with E-state index in [1.807, 2.05) is 64.1 Å². The van der Waals surface area contributed by atoms with Crippen LogP contribution < -0.4 is 14.4 Å². The van der Waals surface area contributed by atoms with Gasteiger partial charge in [-0.15, -0.1) is 0 Å². The molecule has 0 aliphatic rings. The third-order valence-corrected chi connectivity index (χ3v) is 7.37. The second-order valence-corrected chi connectivity index (χ2v) is 10.8. The van der Waals surface area contributed by atoms with E-state index in [1.54, 1.807) is 18.1 Å². The highest BCUT2D eigenvalue weighted by molar-refractivity contribution is 7.92. The van der Waals surface area contributed by atoms with Crippen molar-refractivity contribution in [3.05, 3.63) is 59.2 Å². The quantitative estimate of drug-likeness (QED) is 0.436. The standard InChI is InChI=1S/C27H39N3O5S/c1-7-25(27(32)28-8-2)29(19-22-12-15-24(35-5)16-13-22)26(31)10-9-17-30(36(6,33)34)23-14-11-20(3)21(4)18-23/h11-16,18,25H,7-10,17,19H2,1-6H3,(H,28,32). The van der Waals surface area contributed by atoms with Gasteiger partial charge in [0.05, 0.1) is 19.1 Å². The fourth-order valence-electron chi connectivity index (χ4n) is 4.02. The SMILES string of the molecule is CCNC(=O)C(CC)N(Cc1ccc(OC)cc1)C(=O)CCCN(c1ccc(C)c(C)c1)S(C)(=O)=O. The third kappa shape index (κ3) is 7.98. The van der Waals surface area contributed by atoms with Crippen molar-refractivity contribution in [2.75, 3.05) is 30.8 Å². The molecule has 0 saturated carbocycles.